The Morgan fingerprint density at radius 2 is 1.83 bits per heavy atom. The van der Waals surface area contributed by atoms with Gasteiger partial charge in [0.15, 0.2) is 0 Å². The van der Waals surface area contributed by atoms with E-state index >= 15 is 0 Å². The van der Waals surface area contributed by atoms with Crippen LogP contribution in [0.4, 0.5) is 27.4 Å². The Balaban J connectivity index is 1.83. The van der Waals surface area contributed by atoms with Crippen molar-refractivity contribution in [3.8, 4) is 0 Å². The van der Waals surface area contributed by atoms with Crippen LogP contribution in [0.1, 0.15) is 6.92 Å². The molecule has 1 aliphatic rings. The predicted octanol–water partition coefficient (Wildman–Crippen LogP) is 2.54. The summed E-state index contributed by atoms with van der Waals surface area (Å²) in [5.74, 6) is 1.18. The first-order chi connectivity index (χ1) is 11.7. The number of likely N-dealkylation sites (N-methyl/N-ethyl adjacent to an activating group) is 1. The van der Waals surface area contributed by atoms with Crippen LogP contribution in [0, 0.1) is 5.82 Å². The summed E-state index contributed by atoms with van der Waals surface area (Å²) in [4.78, 5) is 13.0. The molecule has 0 unspecified atom stereocenters. The lowest BCUT2D eigenvalue weighted by atomic mass is 10.2. The number of halogens is 1. The second kappa shape index (κ2) is 7.44. The lowest BCUT2D eigenvalue weighted by Crippen LogP contribution is -2.46. The van der Waals surface area contributed by atoms with E-state index in [1.54, 1.807) is 12.1 Å². The van der Waals surface area contributed by atoms with Crippen LogP contribution in [0.5, 0.6) is 0 Å². The van der Waals surface area contributed by atoms with Crippen molar-refractivity contribution in [1.29, 1.82) is 0 Å². The summed E-state index contributed by atoms with van der Waals surface area (Å²) in [5.41, 5.74) is 1.72. The zero-order valence-corrected chi connectivity index (χ0v) is 14.1. The van der Waals surface area contributed by atoms with Gasteiger partial charge in [-0.15, -0.1) is 0 Å². The fourth-order valence-electron chi connectivity index (χ4n) is 2.88. The van der Waals surface area contributed by atoms with Crippen molar-refractivity contribution in [2.75, 3.05) is 55.3 Å². The fourth-order valence-corrected chi connectivity index (χ4v) is 2.88. The molecule has 0 radical (unpaired) electrons. The zero-order chi connectivity index (χ0) is 16.9. The summed E-state index contributed by atoms with van der Waals surface area (Å²) in [6.07, 6.45) is 1.50. The number of nitrogens with zero attached hydrogens (tertiary/aromatic N) is 4. The Bertz CT molecular complexity index is 685. The average molecular weight is 330 g/mol. The van der Waals surface area contributed by atoms with Gasteiger partial charge in [0.1, 0.15) is 23.8 Å². The van der Waals surface area contributed by atoms with Gasteiger partial charge in [0.2, 0.25) is 0 Å². The molecule has 1 fully saturated rings. The van der Waals surface area contributed by atoms with Crippen LogP contribution < -0.4 is 15.5 Å². The molecule has 2 heterocycles. The van der Waals surface area contributed by atoms with Crippen LogP contribution in [-0.2, 0) is 0 Å². The third-order valence-electron chi connectivity index (χ3n) is 4.31. The molecule has 24 heavy (non-hydrogen) atoms. The summed E-state index contributed by atoms with van der Waals surface area (Å²) in [5, 5.41) is 6.27. The topological polar surface area (TPSA) is 56.3 Å². The highest BCUT2D eigenvalue weighted by Gasteiger charge is 2.19. The second-order valence-electron chi connectivity index (χ2n) is 5.75. The minimum Gasteiger partial charge on any atom is -0.373 e. The molecule has 128 valence electrons. The first kappa shape index (κ1) is 16.4. The molecule has 0 amide bonds. The molecular weight excluding hydrogens is 307 g/mol. The highest BCUT2D eigenvalue weighted by Crippen LogP contribution is 2.30. The van der Waals surface area contributed by atoms with E-state index in [4.69, 9.17) is 0 Å². The van der Waals surface area contributed by atoms with Gasteiger partial charge in [-0.25, -0.2) is 14.4 Å². The van der Waals surface area contributed by atoms with Crippen molar-refractivity contribution in [1.82, 2.24) is 14.9 Å². The first-order valence-electron chi connectivity index (χ1n) is 8.23. The average Bonchev–Trinajstić information content (AvgIpc) is 2.63. The monoisotopic (exact) mass is 330 g/mol. The lowest BCUT2D eigenvalue weighted by molar-refractivity contribution is 0.271. The van der Waals surface area contributed by atoms with Crippen molar-refractivity contribution >= 4 is 23.0 Å². The van der Waals surface area contributed by atoms with E-state index in [1.807, 2.05) is 13.1 Å². The van der Waals surface area contributed by atoms with Crippen molar-refractivity contribution < 1.29 is 4.39 Å². The number of nitrogens with one attached hydrogen (secondary N) is 2. The van der Waals surface area contributed by atoms with Gasteiger partial charge in [-0.05, 0) is 24.7 Å². The maximum absolute atomic E-state index is 13.8. The van der Waals surface area contributed by atoms with Gasteiger partial charge in [0.05, 0.1) is 11.4 Å². The van der Waals surface area contributed by atoms with Crippen LogP contribution in [0.2, 0.25) is 0 Å². The Kier molecular flexibility index (Phi) is 5.10. The molecule has 0 bridgehead atoms. The number of hydrogen-bond acceptors (Lipinski definition) is 6. The highest BCUT2D eigenvalue weighted by molar-refractivity contribution is 5.75. The molecule has 0 aliphatic carbocycles. The van der Waals surface area contributed by atoms with Crippen LogP contribution in [-0.4, -0.2) is 54.6 Å². The number of benzene rings is 1. The third kappa shape index (κ3) is 3.73. The van der Waals surface area contributed by atoms with Crippen molar-refractivity contribution in [3.05, 3.63) is 36.4 Å². The normalized spacial score (nSPS) is 15.4. The number of anilines is 4. The zero-order valence-electron chi connectivity index (χ0n) is 14.1. The number of aromatic nitrogens is 2. The highest BCUT2D eigenvalue weighted by atomic mass is 19.1. The van der Waals surface area contributed by atoms with E-state index in [-0.39, 0.29) is 5.82 Å². The van der Waals surface area contributed by atoms with E-state index in [0.29, 0.717) is 5.82 Å². The molecular formula is C17H23FN6. The Hall–Kier alpha value is -2.41. The van der Waals surface area contributed by atoms with Gasteiger partial charge >= 0.3 is 0 Å². The van der Waals surface area contributed by atoms with Gasteiger partial charge < -0.3 is 20.4 Å². The van der Waals surface area contributed by atoms with Crippen molar-refractivity contribution in [2.45, 2.75) is 6.92 Å². The maximum Gasteiger partial charge on any atom is 0.135 e. The quantitative estimate of drug-likeness (QED) is 0.879. The van der Waals surface area contributed by atoms with E-state index in [2.05, 4.69) is 37.3 Å². The smallest absolute Gasteiger partial charge is 0.135 e. The molecule has 1 aromatic heterocycles. The summed E-state index contributed by atoms with van der Waals surface area (Å²) < 4.78 is 13.8. The second-order valence-corrected chi connectivity index (χ2v) is 5.75. The Morgan fingerprint density at radius 3 is 2.54 bits per heavy atom. The van der Waals surface area contributed by atoms with Gasteiger partial charge in [0.25, 0.3) is 0 Å². The Labute approximate surface area is 141 Å². The number of rotatable bonds is 5. The number of piperazine rings is 1. The molecule has 7 heteroatoms. The fraction of sp³-hybridized carbons (Fsp3) is 0.412. The Morgan fingerprint density at radius 1 is 1.08 bits per heavy atom. The molecule has 1 aliphatic heterocycles. The molecule has 2 N–H and O–H groups in total. The molecule has 1 saturated heterocycles. The van der Waals surface area contributed by atoms with Crippen LogP contribution in [0.3, 0.4) is 0 Å². The molecule has 0 saturated carbocycles. The SMILES string of the molecule is CCN1CCN(c2cc(F)ccc2Nc2cc(NC)ncn2)CC1. The summed E-state index contributed by atoms with van der Waals surface area (Å²) in [6, 6.07) is 6.64. The first-order valence-corrected chi connectivity index (χ1v) is 8.23. The van der Waals surface area contributed by atoms with E-state index in [9.17, 15) is 4.39 Å². The standard InChI is InChI=1S/C17H23FN6/c1-3-23-6-8-24(9-7-23)15-10-13(18)4-5-14(15)22-17-11-16(19-2)20-12-21-17/h4-5,10-12H,3,6-9H2,1-2H3,(H2,19,20,21,22). The van der Waals surface area contributed by atoms with E-state index in [0.717, 1.165) is 49.9 Å². The van der Waals surface area contributed by atoms with Crippen LogP contribution >= 0.6 is 0 Å². The minimum atomic E-state index is -0.230. The molecule has 1 aromatic carbocycles. The summed E-state index contributed by atoms with van der Waals surface area (Å²) >= 11 is 0. The number of hydrogen-bond donors (Lipinski definition) is 2. The van der Waals surface area contributed by atoms with Crippen molar-refractivity contribution in [3.63, 3.8) is 0 Å². The van der Waals surface area contributed by atoms with Gasteiger partial charge in [-0.2, -0.15) is 0 Å². The van der Waals surface area contributed by atoms with Gasteiger partial charge in [-0.1, -0.05) is 6.92 Å². The minimum absolute atomic E-state index is 0.230. The molecule has 2 aromatic rings. The molecule has 0 spiro atoms. The molecule has 6 nitrogen and oxygen atoms in total. The molecule has 3 rings (SSSR count). The largest absolute Gasteiger partial charge is 0.373 e. The van der Waals surface area contributed by atoms with Crippen LogP contribution in [0.25, 0.3) is 0 Å². The summed E-state index contributed by atoms with van der Waals surface area (Å²) in [7, 11) is 1.81. The van der Waals surface area contributed by atoms with Gasteiger partial charge in [0, 0.05) is 39.3 Å². The van der Waals surface area contributed by atoms with Crippen molar-refractivity contribution in [2.24, 2.45) is 0 Å². The molecule has 0 atom stereocenters. The predicted molar refractivity (Wildman–Crippen MR) is 95.6 cm³/mol. The van der Waals surface area contributed by atoms with E-state index < -0.39 is 0 Å². The van der Waals surface area contributed by atoms with Crippen LogP contribution in [0.15, 0.2) is 30.6 Å². The maximum atomic E-state index is 13.8. The lowest BCUT2D eigenvalue weighted by Gasteiger charge is -2.36. The third-order valence-corrected chi connectivity index (χ3v) is 4.31. The summed E-state index contributed by atoms with van der Waals surface area (Å²) in [6.45, 7) is 6.97. The van der Waals surface area contributed by atoms with E-state index in [1.165, 1.54) is 12.4 Å². The van der Waals surface area contributed by atoms with Gasteiger partial charge in [-0.3, -0.25) is 0 Å².